The van der Waals surface area contributed by atoms with E-state index < -0.39 is 18.5 Å². The fourth-order valence-corrected chi connectivity index (χ4v) is 2.48. The Bertz CT molecular complexity index is 1080. The molecule has 3 aromatic rings. The Labute approximate surface area is 174 Å². The van der Waals surface area contributed by atoms with Crippen molar-refractivity contribution in [3.8, 4) is 17.6 Å². The maximum Gasteiger partial charge on any atom is 0.331 e. The monoisotopic (exact) mass is 398 g/mol. The lowest BCUT2D eigenvalue weighted by Gasteiger charge is -2.12. The molecule has 0 aromatic heterocycles. The van der Waals surface area contributed by atoms with Gasteiger partial charge in [-0.05, 0) is 48.0 Å². The summed E-state index contributed by atoms with van der Waals surface area (Å²) in [6.07, 6.45) is 2.77. The molecule has 0 aliphatic rings. The Kier molecular flexibility index (Phi) is 6.96. The lowest BCUT2D eigenvalue weighted by molar-refractivity contribution is -0.142. The van der Waals surface area contributed by atoms with Crippen LogP contribution >= 0.6 is 0 Å². The van der Waals surface area contributed by atoms with Crippen molar-refractivity contribution in [2.45, 2.75) is 0 Å². The number of ether oxygens (including phenoxy) is 2. The number of carbonyl (C=O) groups excluding carboxylic acids is 2. The van der Waals surface area contributed by atoms with Gasteiger partial charge in [-0.1, -0.05) is 42.5 Å². The van der Waals surface area contributed by atoms with E-state index >= 15 is 0 Å². The number of benzene rings is 3. The van der Waals surface area contributed by atoms with E-state index in [4.69, 9.17) is 14.7 Å². The molecule has 0 fully saturated rings. The molecule has 6 heteroatoms. The summed E-state index contributed by atoms with van der Waals surface area (Å²) in [5, 5.41) is 11.5. The molecule has 0 unspecified atom stereocenters. The average Bonchev–Trinajstić information content (AvgIpc) is 2.78. The van der Waals surface area contributed by atoms with Crippen LogP contribution in [0.2, 0.25) is 0 Å². The van der Waals surface area contributed by atoms with E-state index in [-0.39, 0.29) is 0 Å². The highest BCUT2D eigenvalue weighted by atomic mass is 16.5. The van der Waals surface area contributed by atoms with E-state index in [2.05, 4.69) is 5.32 Å². The van der Waals surface area contributed by atoms with Crippen LogP contribution in [0.5, 0.6) is 11.5 Å². The molecule has 6 nitrogen and oxygen atoms in total. The number of amides is 1. The van der Waals surface area contributed by atoms with E-state index in [1.165, 1.54) is 6.08 Å². The van der Waals surface area contributed by atoms with Gasteiger partial charge in [0.2, 0.25) is 0 Å². The fraction of sp³-hybridized carbons (Fsp3) is 0.0417. The van der Waals surface area contributed by atoms with Gasteiger partial charge in [0.15, 0.2) is 12.4 Å². The molecule has 0 radical (unpaired) electrons. The van der Waals surface area contributed by atoms with Crippen molar-refractivity contribution in [2.24, 2.45) is 0 Å². The summed E-state index contributed by atoms with van der Waals surface area (Å²) in [6.45, 7) is -0.434. The van der Waals surface area contributed by atoms with Crippen molar-refractivity contribution in [2.75, 3.05) is 11.9 Å². The predicted molar refractivity (Wildman–Crippen MR) is 113 cm³/mol. The largest absolute Gasteiger partial charge is 0.455 e. The van der Waals surface area contributed by atoms with Gasteiger partial charge in [-0.25, -0.2) is 4.79 Å². The third-order valence-corrected chi connectivity index (χ3v) is 3.93. The predicted octanol–water partition coefficient (Wildman–Crippen LogP) is 4.55. The number of carbonyl (C=O) groups is 2. The van der Waals surface area contributed by atoms with E-state index in [0.29, 0.717) is 22.7 Å². The summed E-state index contributed by atoms with van der Waals surface area (Å²) in [4.78, 5) is 24.0. The Morgan fingerprint density at radius 3 is 2.37 bits per heavy atom. The molecular formula is C24H18N2O4. The van der Waals surface area contributed by atoms with Crippen LogP contribution in [-0.2, 0) is 14.3 Å². The van der Waals surface area contributed by atoms with Gasteiger partial charge < -0.3 is 14.8 Å². The van der Waals surface area contributed by atoms with E-state index in [1.807, 2.05) is 24.3 Å². The molecule has 1 amide bonds. The second-order valence-corrected chi connectivity index (χ2v) is 6.13. The third-order valence-electron chi connectivity index (χ3n) is 3.93. The highest BCUT2D eigenvalue weighted by Gasteiger charge is 2.10. The average molecular weight is 398 g/mol. The van der Waals surface area contributed by atoms with Crippen molar-refractivity contribution in [1.82, 2.24) is 0 Å². The van der Waals surface area contributed by atoms with Crippen LogP contribution in [-0.4, -0.2) is 18.5 Å². The highest BCUT2D eigenvalue weighted by molar-refractivity contribution is 5.95. The number of esters is 1. The Hall–Kier alpha value is -4.37. The summed E-state index contributed by atoms with van der Waals surface area (Å²) in [5.41, 5.74) is 1.74. The van der Waals surface area contributed by atoms with Crippen molar-refractivity contribution in [3.63, 3.8) is 0 Å². The zero-order valence-electron chi connectivity index (χ0n) is 15.9. The maximum atomic E-state index is 12.2. The lowest BCUT2D eigenvalue weighted by Crippen LogP contribution is -2.20. The van der Waals surface area contributed by atoms with E-state index in [1.54, 1.807) is 66.7 Å². The van der Waals surface area contributed by atoms with Crippen LogP contribution in [0.3, 0.4) is 0 Å². The minimum atomic E-state index is -0.650. The molecule has 0 bridgehead atoms. The minimum absolute atomic E-state index is 0.434. The second-order valence-electron chi connectivity index (χ2n) is 6.13. The molecule has 0 heterocycles. The first-order valence-corrected chi connectivity index (χ1v) is 9.11. The Morgan fingerprint density at radius 1 is 0.933 bits per heavy atom. The van der Waals surface area contributed by atoms with Crippen LogP contribution in [0.1, 0.15) is 11.1 Å². The topological polar surface area (TPSA) is 88.4 Å². The molecule has 0 aliphatic carbocycles. The van der Waals surface area contributed by atoms with Gasteiger partial charge in [0.05, 0.1) is 17.3 Å². The number of nitrogens with zero attached hydrogens (tertiary/aromatic N) is 1. The number of nitrogens with one attached hydrogen (secondary N) is 1. The summed E-state index contributed by atoms with van der Waals surface area (Å²) in [6, 6.07) is 24.9. The molecule has 1 N–H and O–H groups in total. The third kappa shape index (κ3) is 6.08. The normalized spacial score (nSPS) is 10.2. The standard InChI is InChI=1S/C24H18N2O4/c25-16-19-12-10-18(11-13-19)14-15-24(28)29-17-23(27)26-21-8-4-5-9-22(21)30-20-6-2-1-3-7-20/h1-15H,17H2,(H,26,27)/b15-14+. The van der Waals surface area contributed by atoms with Gasteiger partial charge in [0, 0.05) is 6.08 Å². The summed E-state index contributed by atoms with van der Waals surface area (Å²) in [5.74, 6) is -0.0229. The lowest BCUT2D eigenvalue weighted by atomic mass is 10.1. The second kappa shape index (κ2) is 10.2. The van der Waals surface area contributed by atoms with E-state index in [9.17, 15) is 9.59 Å². The number of anilines is 1. The molecule has 0 saturated heterocycles. The van der Waals surface area contributed by atoms with Crippen molar-refractivity contribution >= 4 is 23.6 Å². The number of rotatable bonds is 7. The first-order chi connectivity index (χ1) is 14.6. The van der Waals surface area contributed by atoms with Crippen LogP contribution in [0.15, 0.2) is 84.9 Å². The number of hydrogen-bond donors (Lipinski definition) is 1. The first-order valence-electron chi connectivity index (χ1n) is 9.11. The zero-order valence-corrected chi connectivity index (χ0v) is 15.9. The van der Waals surface area contributed by atoms with Gasteiger partial charge in [-0.15, -0.1) is 0 Å². The molecule has 148 valence electrons. The summed E-state index contributed by atoms with van der Waals surface area (Å²) in [7, 11) is 0. The number of hydrogen-bond acceptors (Lipinski definition) is 5. The summed E-state index contributed by atoms with van der Waals surface area (Å²) < 4.78 is 10.8. The quantitative estimate of drug-likeness (QED) is 0.466. The Balaban J connectivity index is 1.52. The van der Waals surface area contributed by atoms with Crippen LogP contribution in [0, 0.1) is 11.3 Å². The van der Waals surface area contributed by atoms with Crippen LogP contribution in [0.25, 0.3) is 6.08 Å². The molecule has 3 aromatic carbocycles. The van der Waals surface area contributed by atoms with Crippen molar-refractivity contribution in [3.05, 3.63) is 96.1 Å². The van der Waals surface area contributed by atoms with Crippen LogP contribution < -0.4 is 10.1 Å². The molecule has 0 aliphatic heterocycles. The summed E-state index contributed by atoms with van der Waals surface area (Å²) >= 11 is 0. The fourth-order valence-electron chi connectivity index (χ4n) is 2.48. The van der Waals surface area contributed by atoms with Gasteiger partial charge >= 0.3 is 5.97 Å². The smallest absolute Gasteiger partial charge is 0.331 e. The molecule has 30 heavy (non-hydrogen) atoms. The molecule has 0 spiro atoms. The maximum absolute atomic E-state index is 12.2. The minimum Gasteiger partial charge on any atom is -0.455 e. The Morgan fingerprint density at radius 2 is 1.63 bits per heavy atom. The molecule has 0 saturated carbocycles. The van der Waals surface area contributed by atoms with Gasteiger partial charge in [0.25, 0.3) is 5.91 Å². The van der Waals surface area contributed by atoms with Gasteiger partial charge in [-0.2, -0.15) is 5.26 Å². The number of para-hydroxylation sites is 3. The van der Waals surface area contributed by atoms with E-state index in [0.717, 1.165) is 5.56 Å². The van der Waals surface area contributed by atoms with Crippen molar-refractivity contribution < 1.29 is 19.1 Å². The molecular weight excluding hydrogens is 380 g/mol. The van der Waals surface area contributed by atoms with Crippen molar-refractivity contribution in [1.29, 1.82) is 5.26 Å². The first kappa shape index (κ1) is 20.4. The molecule has 3 rings (SSSR count). The zero-order chi connectivity index (χ0) is 21.2. The SMILES string of the molecule is N#Cc1ccc(/C=C/C(=O)OCC(=O)Nc2ccccc2Oc2ccccc2)cc1. The van der Waals surface area contributed by atoms with Gasteiger partial charge in [-0.3, -0.25) is 4.79 Å². The molecule has 0 atom stereocenters. The number of nitriles is 1. The van der Waals surface area contributed by atoms with Gasteiger partial charge in [0.1, 0.15) is 5.75 Å². The van der Waals surface area contributed by atoms with Crippen LogP contribution in [0.4, 0.5) is 5.69 Å². The highest BCUT2D eigenvalue weighted by Crippen LogP contribution is 2.28.